The Bertz CT molecular complexity index is 1820. The molecule has 0 spiro atoms. The normalized spacial score (nSPS) is 11.2. The number of rotatable bonds is 13. The second-order valence-electron chi connectivity index (χ2n) is 9.22. The number of carbonyl (C=O) groups is 2. The van der Waals surface area contributed by atoms with Crippen LogP contribution in [0.2, 0.25) is 0 Å². The Balaban J connectivity index is 1.58. The lowest BCUT2D eigenvalue weighted by atomic mass is 10.1. The molecule has 0 bridgehead atoms. The van der Waals surface area contributed by atoms with Crippen LogP contribution in [0.1, 0.15) is 15.9 Å². The third-order valence-corrected chi connectivity index (χ3v) is 7.67. The molecule has 0 atom stereocenters. The summed E-state index contributed by atoms with van der Waals surface area (Å²) in [6.45, 7) is 0. The highest BCUT2D eigenvalue weighted by Gasteiger charge is 2.19. The molecular weight excluding hydrogens is 618 g/mol. The lowest BCUT2D eigenvalue weighted by Gasteiger charge is -2.13. The minimum atomic E-state index is -4.09. The number of benzene rings is 3. The van der Waals surface area contributed by atoms with Crippen molar-refractivity contribution >= 4 is 39.4 Å². The molecule has 3 N–H and O–H groups in total. The van der Waals surface area contributed by atoms with E-state index in [1.807, 2.05) is 0 Å². The predicted octanol–water partition coefficient (Wildman–Crippen LogP) is 3.73. The van der Waals surface area contributed by atoms with Crippen LogP contribution in [-0.2, 0) is 14.8 Å². The van der Waals surface area contributed by atoms with Gasteiger partial charge in [-0.25, -0.2) is 8.42 Å². The highest BCUT2D eigenvalue weighted by molar-refractivity contribution is 7.92. The van der Waals surface area contributed by atoms with E-state index in [0.29, 0.717) is 22.8 Å². The molecule has 14 nitrogen and oxygen atoms in total. The van der Waals surface area contributed by atoms with Crippen molar-refractivity contribution in [2.75, 3.05) is 45.6 Å². The average molecular weight is 650 g/mol. The summed E-state index contributed by atoms with van der Waals surface area (Å²) in [5.74, 6) is 0.266. The van der Waals surface area contributed by atoms with E-state index in [1.165, 1.54) is 72.0 Å². The van der Waals surface area contributed by atoms with Gasteiger partial charge in [-0.3, -0.25) is 14.3 Å². The second-order valence-corrected chi connectivity index (χ2v) is 10.9. The van der Waals surface area contributed by atoms with E-state index < -0.39 is 21.8 Å². The summed E-state index contributed by atoms with van der Waals surface area (Å²) >= 11 is 0. The Labute approximate surface area is 265 Å². The molecule has 0 aliphatic rings. The minimum absolute atomic E-state index is 0.0707. The zero-order valence-electron chi connectivity index (χ0n) is 25.5. The zero-order chi connectivity index (χ0) is 33.3. The van der Waals surface area contributed by atoms with Crippen LogP contribution < -0.4 is 39.0 Å². The van der Waals surface area contributed by atoms with E-state index in [0.717, 1.165) is 0 Å². The lowest BCUT2D eigenvalue weighted by molar-refractivity contribution is -0.113. The molecule has 46 heavy (non-hydrogen) atoms. The molecule has 2 amide bonds. The van der Waals surface area contributed by atoms with Gasteiger partial charge in [0.2, 0.25) is 5.88 Å². The van der Waals surface area contributed by atoms with Crippen molar-refractivity contribution < 1.29 is 41.7 Å². The van der Waals surface area contributed by atoms with Crippen molar-refractivity contribution in [2.45, 2.75) is 4.90 Å². The largest absolute Gasteiger partial charge is 0.497 e. The molecule has 240 valence electrons. The number of sulfonamides is 1. The standard InChI is InChI=1S/C31H31N5O9S/c1-41-22-11-7-20(8-12-22)29(37)33-24(16-19-6-15-25(42-2)26(17-19)43-3)30(38)32-21-9-13-23(14-10-21)46(39,40)36-27-18-28(44-4)35-31(34-27)45-5/h6-18H,1-5H3,(H,32,38)(H,33,37)(H,34,35,36)/b24-16+. The molecule has 1 heterocycles. The smallest absolute Gasteiger partial charge is 0.321 e. The van der Waals surface area contributed by atoms with Gasteiger partial charge in [-0.05, 0) is 72.3 Å². The first-order valence-electron chi connectivity index (χ1n) is 13.4. The first-order valence-corrected chi connectivity index (χ1v) is 14.9. The number of anilines is 2. The van der Waals surface area contributed by atoms with E-state index in [2.05, 4.69) is 25.3 Å². The SMILES string of the molecule is COc1ccc(C(=O)N/C(=C/c2ccc(OC)c(OC)c2)C(=O)Nc2ccc(S(=O)(=O)Nc3cc(OC)nc(OC)n3)cc2)cc1. The topological polar surface area (TPSA) is 176 Å². The van der Waals surface area contributed by atoms with Crippen molar-refractivity contribution in [3.05, 3.63) is 89.6 Å². The molecule has 0 aliphatic carbocycles. The Morgan fingerprint density at radius 2 is 1.43 bits per heavy atom. The van der Waals surface area contributed by atoms with Crippen LogP contribution in [0.3, 0.4) is 0 Å². The first kappa shape index (κ1) is 33.1. The quantitative estimate of drug-likeness (QED) is 0.180. The van der Waals surface area contributed by atoms with E-state index >= 15 is 0 Å². The molecule has 4 rings (SSSR count). The van der Waals surface area contributed by atoms with Crippen LogP contribution in [0.4, 0.5) is 11.5 Å². The summed E-state index contributed by atoms with van der Waals surface area (Å²) in [5.41, 5.74) is 0.973. The van der Waals surface area contributed by atoms with Crippen molar-refractivity contribution in [2.24, 2.45) is 0 Å². The fourth-order valence-corrected chi connectivity index (χ4v) is 4.96. The number of hydrogen-bond donors (Lipinski definition) is 3. The molecule has 0 saturated heterocycles. The van der Waals surface area contributed by atoms with Gasteiger partial charge in [-0.1, -0.05) is 6.07 Å². The maximum absolute atomic E-state index is 13.5. The van der Waals surface area contributed by atoms with E-state index in [9.17, 15) is 18.0 Å². The van der Waals surface area contributed by atoms with Crippen molar-refractivity contribution in [1.29, 1.82) is 0 Å². The van der Waals surface area contributed by atoms with Gasteiger partial charge in [0.15, 0.2) is 17.3 Å². The number of nitrogens with one attached hydrogen (secondary N) is 3. The molecule has 0 unspecified atom stereocenters. The first-order chi connectivity index (χ1) is 22.1. The molecule has 3 aromatic carbocycles. The van der Waals surface area contributed by atoms with Crippen LogP contribution >= 0.6 is 0 Å². The minimum Gasteiger partial charge on any atom is -0.497 e. The highest BCUT2D eigenvalue weighted by atomic mass is 32.2. The fraction of sp³-hybridized carbons (Fsp3) is 0.161. The van der Waals surface area contributed by atoms with E-state index in [1.54, 1.807) is 42.5 Å². The van der Waals surface area contributed by atoms with Gasteiger partial charge < -0.3 is 34.3 Å². The van der Waals surface area contributed by atoms with E-state index in [-0.39, 0.29) is 39.6 Å². The van der Waals surface area contributed by atoms with Crippen molar-refractivity contribution in [1.82, 2.24) is 15.3 Å². The fourth-order valence-electron chi connectivity index (χ4n) is 3.97. The van der Waals surface area contributed by atoms with Crippen LogP contribution in [-0.4, -0.2) is 65.7 Å². The maximum Gasteiger partial charge on any atom is 0.321 e. The number of carbonyl (C=O) groups excluding carboxylic acids is 2. The van der Waals surface area contributed by atoms with Gasteiger partial charge in [0, 0.05) is 17.3 Å². The Hall–Kier alpha value is -5.83. The van der Waals surface area contributed by atoms with Gasteiger partial charge in [0.1, 0.15) is 11.4 Å². The Kier molecular flexibility index (Phi) is 10.6. The number of aromatic nitrogens is 2. The summed E-state index contributed by atoms with van der Waals surface area (Å²) in [6.07, 6.45) is 1.46. The molecule has 0 aliphatic heterocycles. The van der Waals surface area contributed by atoms with Crippen LogP contribution in [0.25, 0.3) is 6.08 Å². The van der Waals surface area contributed by atoms with Gasteiger partial charge in [0.25, 0.3) is 21.8 Å². The molecule has 0 fully saturated rings. The highest BCUT2D eigenvalue weighted by Crippen LogP contribution is 2.28. The molecule has 4 aromatic rings. The maximum atomic E-state index is 13.5. The number of amides is 2. The Morgan fingerprint density at radius 3 is 2.04 bits per heavy atom. The van der Waals surface area contributed by atoms with Crippen molar-refractivity contribution in [3.8, 4) is 29.1 Å². The summed E-state index contributed by atoms with van der Waals surface area (Å²) in [5, 5.41) is 5.33. The molecule has 1 aromatic heterocycles. The lowest BCUT2D eigenvalue weighted by Crippen LogP contribution is -2.30. The predicted molar refractivity (Wildman–Crippen MR) is 169 cm³/mol. The Morgan fingerprint density at radius 1 is 0.739 bits per heavy atom. The van der Waals surface area contributed by atoms with Gasteiger partial charge in [0.05, 0.1) is 40.4 Å². The number of methoxy groups -OCH3 is 5. The zero-order valence-corrected chi connectivity index (χ0v) is 26.3. The summed E-state index contributed by atoms with van der Waals surface area (Å²) in [7, 11) is 3.09. The summed E-state index contributed by atoms with van der Waals surface area (Å²) in [6, 6.07) is 17.9. The molecular formula is C31H31N5O9S. The second kappa shape index (κ2) is 14.8. The number of hydrogen-bond acceptors (Lipinski definition) is 11. The number of ether oxygens (including phenoxy) is 5. The summed E-state index contributed by atoms with van der Waals surface area (Å²) in [4.78, 5) is 34.4. The van der Waals surface area contributed by atoms with Gasteiger partial charge in [-0.2, -0.15) is 9.97 Å². The van der Waals surface area contributed by atoms with Crippen LogP contribution in [0.15, 0.2) is 83.4 Å². The van der Waals surface area contributed by atoms with Crippen LogP contribution in [0.5, 0.6) is 29.1 Å². The van der Waals surface area contributed by atoms with Crippen molar-refractivity contribution in [3.63, 3.8) is 0 Å². The molecule has 15 heteroatoms. The number of nitrogens with zero attached hydrogens (tertiary/aromatic N) is 2. The monoisotopic (exact) mass is 649 g/mol. The van der Waals surface area contributed by atoms with Gasteiger partial charge in [-0.15, -0.1) is 0 Å². The molecule has 0 saturated carbocycles. The molecule has 0 radical (unpaired) electrons. The van der Waals surface area contributed by atoms with Gasteiger partial charge >= 0.3 is 6.01 Å². The average Bonchev–Trinajstić information content (AvgIpc) is 3.07. The summed E-state index contributed by atoms with van der Waals surface area (Å²) < 4.78 is 54.2. The van der Waals surface area contributed by atoms with Crippen LogP contribution in [0, 0.1) is 0 Å². The third-order valence-electron chi connectivity index (χ3n) is 6.30. The third kappa shape index (κ3) is 8.21. The van der Waals surface area contributed by atoms with E-state index in [4.69, 9.17) is 23.7 Å².